The van der Waals surface area contributed by atoms with Crippen molar-refractivity contribution in [2.45, 2.75) is 24.9 Å². The Bertz CT molecular complexity index is 462. The van der Waals surface area contributed by atoms with Gasteiger partial charge in [-0.1, -0.05) is 30.3 Å². The van der Waals surface area contributed by atoms with Crippen LogP contribution in [0.25, 0.3) is 0 Å². The molecule has 2 bridgehead atoms. The van der Waals surface area contributed by atoms with Crippen molar-refractivity contribution in [1.82, 2.24) is 10.2 Å². The second-order valence-corrected chi connectivity index (χ2v) is 5.71. The number of amides is 1. The molecule has 19 heavy (non-hydrogen) atoms. The molecule has 3 atom stereocenters. The van der Waals surface area contributed by atoms with Gasteiger partial charge >= 0.3 is 0 Å². The highest BCUT2D eigenvalue weighted by Crippen LogP contribution is 2.35. The fourth-order valence-corrected chi connectivity index (χ4v) is 3.48. The number of hydrogen-bond donors (Lipinski definition) is 2. The Morgan fingerprint density at radius 2 is 2.16 bits per heavy atom. The summed E-state index contributed by atoms with van der Waals surface area (Å²) in [5.74, 6) is 0.178. The minimum absolute atomic E-state index is 0.185. The zero-order valence-corrected chi connectivity index (χ0v) is 11.1. The van der Waals surface area contributed by atoms with Gasteiger partial charge in [0.2, 0.25) is 5.91 Å². The smallest absolute Gasteiger partial charge is 0.238 e. The van der Waals surface area contributed by atoms with E-state index in [4.69, 9.17) is 5.73 Å². The Hall–Kier alpha value is -1.39. The van der Waals surface area contributed by atoms with E-state index < -0.39 is 5.54 Å². The molecule has 0 aliphatic carbocycles. The highest BCUT2D eigenvalue weighted by atomic mass is 16.1. The van der Waals surface area contributed by atoms with Gasteiger partial charge in [0.05, 0.1) is 0 Å². The third kappa shape index (κ3) is 2.26. The lowest BCUT2D eigenvalue weighted by Gasteiger charge is -2.41. The van der Waals surface area contributed by atoms with Gasteiger partial charge in [0.25, 0.3) is 0 Å². The van der Waals surface area contributed by atoms with Crippen LogP contribution in [0, 0.1) is 5.92 Å². The first-order valence-corrected chi connectivity index (χ1v) is 7.02. The van der Waals surface area contributed by atoms with Crippen molar-refractivity contribution in [3.8, 4) is 0 Å². The number of hydrogen-bond acceptors (Lipinski definition) is 3. The molecule has 1 aromatic carbocycles. The van der Waals surface area contributed by atoms with Crippen LogP contribution < -0.4 is 11.1 Å². The van der Waals surface area contributed by atoms with Crippen molar-refractivity contribution in [2.75, 3.05) is 19.6 Å². The van der Waals surface area contributed by atoms with E-state index in [9.17, 15) is 4.79 Å². The number of nitrogens with one attached hydrogen (secondary N) is 1. The Kier molecular flexibility index (Phi) is 3.29. The standard InChI is InChI=1S/C15H21N3O/c16-14(19)15(7-9-18-8-6-13(15)11-18)17-10-12-4-2-1-3-5-12/h1-5,13,17H,6-11H2,(H2,16,19). The molecule has 0 aromatic heterocycles. The fourth-order valence-electron chi connectivity index (χ4n) is 3.48. The summed E-state index contributed by atoms with van der Waals surface area (Å²) in [4.78, 5) is 14.5. The molecule has 1 amide bonds. The van der Waals surface area contributed by atoms with Crippen LogP contribution in [0.4, 0.5) is 0 Å². The molecule has 102 valence electrons. The normalized spacial score (nSPS) is 33.3. The van der Waals surface area contributed by atoms with E-state index in [0.717, 1.165) is 32.5 Å². The Morgan fingerprint density at radius 1 is 1.37 bits per heavy atom. The second-order valence-electron chi connectivity index (χ2n) is 5.71. The Morgan fingerprint density at radius 3 is 2.89 bits per heavy atom. The molecule has 2 fully saturated rings. The van der Waals surface area contributed by atoms with E-state index in [2.05, 4.69) is 22.3 Å². The predicted octanol–water partition coefficient (Wildman–Crippen LogP) is 0.726. The van der Waals surface area contributed by atoms with Crippen LogP contribution in [-0.4, -0.2) is 36.0 Å². The number of carbonyl (C=O) groups excluding carboxylic acids is 1. The first-order valence-electron chi connectivity index (χ1n) is 7.02. The van der Waals surface area contributed by atoms with Gasteiger partial charge in [-0.15, -0.1) is 0 Å². The zero-order chi connectivity index (χ0) is 13.3. The monoisotopic (exact) mass is 259 g/mol. The van der Waals surface area contributed by atoms with Gasteiger partial charge in [0.15, 0.2) is 0 Å². The number of fused-ring (bicyclic) bond motifs is 2. The molecule has 4 nitrogen and oxygen atoms in total. The minimum Gasteiger partial charge on any atom is -0.368 e. The molecule has 2 saturated heterocycles. The summed E-state index contributed by atoms with van der Waals surface area (Å²) in [6.45, 7) is 3.79. The van der Waals surface area contributed by atoms with Crippen molar-refractivity contribution in [2.24, 2.45) is 11.7 Å². The summed E-state index contributed by atoms with van der Waals surface area (Å²) >= 11 is 0. The summed E-state index contributed by atoms with van der Waals surface area (Å²) in [6, 6.07) is 10.2. The summed E-state index contributed by atoms with van der Waals surface area (Å²) < 4.78 is 0. The van der Waals surface area contributed by atoms with Crippen molar-refractivity contribution in [3.63, 3.8) is 0 Å². The molecule has 4 heteroatoms. The van der Waals surface area contributed by atoms with E-state index in [-0.39, 0.29) is 5.91 Å². The van der Waals surface area contributed by atoms with Crippen molar-refractivity contribution < 1.29 is 4.79 Å². The van der Waals surface area contributed by atoms with E-state index in [1.807, 2.05) is 18.2 Å². The van der Waals surface area contributed by atoms with Gasteiger partial charge in [-0.05, 0) is 24.9 Å². The first kappa shape index (κ1) is 12.6. The lowest BCUT2D eigenvalue weighted by Crippen LogP contribution is -2.63. The summed E-state index contributed by atoms with van der Waals surface area (Å²) in [5.41, 5.74) is 6.42. The fraction of sp³-hybridized carbons (Fsp3) is 0.533. The highest BCUT2D eigenvalue weighted by Gasteiger charge is 2.49. The van der Waals surface area contributed by atoms with Crippen molar-refractivity contribution in [1.29, 1.82) is 0 Å². The quantitative estimate of drug-likeness (QED) is 0.838. The van der Waals surface area contributed by atoms with Crippen LogP contribution in [-0.2, 0) is 11.3 Å². The van der Waals surface area contributed by atoms with E-state index >= 15 is 0 Å². The lowest BCUT2D eigenvalue weighted by molar-refractivity contribution is -0.128. The average Bonchev–Trinajstić information content (AvgIpc) is 2.83. The SMILES string of the molecule is NC(=O)C1(NCc2ccccc2)CCN2CCC1C2. The van der Waals surface area contributed by atoms with Gasteiger partial charge < -0.3 is 10.6 Å². The second kappa shape index (κ2) is 4.94. The first-order chi connectivity index (χ1) is 9.21. The van der Waals surface area contributed by atoms with Crippen LogP contribution in [0.5, 0.6) is 0 Å². The summed E-state index contributed by atoms with van der Waals surface area (Å²) in [7, 11) is 0. The summed E-state index contributed by atoms with van der Waals surface area (Å²) in [6.07, 6.45) is 1.91. The number of nitrogens with two attached hydrogens (primary N) is 1. The van der Waals surface area contributed by atoms with Crippen LogP contribution >= 0.6 is 0 Å². The number of rotatable bonds is 4. The number of benzene rings is 1. The van der Waals surface area contributed by atoms with E-state index in [1.165, 1.54) is 5.56 Å². The summed E-state index contributed by atoms with van der Waals surface area (Å²) in [5, 5.41) is 3.48. The van der Waals surface area contributed by atoms with Crippen LogP contribution in [0.15, 0.2) is 30.3 Å². The van der Waals surface area contributed by atoms with E-state index in [1.54, 1.807) is 0 Å². The highest BCUT2D eigenvalue weighted by molar-refractivity contribution is 5.85. The van der Waals surface area contributed by atoms with Crippen molar-refractivity contribution in [3.05, 3.63) is 35.9 Å². The molecular weight excluding hydrogens is 238 g/mol. The van der Waals surface area contributed by atoms with Gasteiger partial charge in [-0.2, -0.15) is 0 Å². The molecule has 2 aliphatic rings. The molecule has 3 N–H and O–H groups in total. The topological polar surface area (TPSA) is 58.4 Å². The van der Waals surface area contributed by atoms with Crippen LogP contribution in [0.3, 0.4) is 0 Å². The molecule has 0 radical (unpaired) electrons. The number of piperidine rings is 1. The van der Waals surface area contributed by atoms with Crippen molar-refractivity contribution >= 4 is 5.91 Å². The molecule has 2 heterocycles. The molecule has 2 aliphatic heterocycles. The third-order valence-electron chi connectivity index (χ3n) is 4.68. The maximum atomic E-state index is 12.0. The van der Waals surface area contributed by atoms with Crippen LogP contribution in [0.1, 0.15) is 18.4 Å². The average molecular weight is 259 g/mol. The molecule has 3 rings (SSSR count). The van der Waals surface area contributed by atoms with Gasteiger partial charge in [-0.3, -0.25) is 10.1 Å². The Labute approximate surface area is 114 Å². The van der Waals surface area contributed by atoms with E-state index in [0.29, 0.717) is 12.5 Å². The zero-order valence-electron chi connectivity index (χ0n) is 11.1. The molecule has 3 unspecified atom stereocenters. The number of carbonyl (C=O) groups is 1. The number of nitrogens with zero attached hydrogens (tertiary/aromatic N) is 1. The maximum Gasteiger partial charge on any atom is 0.238 e. The predicted molar refractivity (Wildman–Crippen MR) is 74.4 cm³/mol. The third-order valence-corrected chi connectivity index (χ3v) is 4.68. The lowest BCUT2D eigenvalue weighted by atomic mass is 9.78. The van der Waals surface area contributed by atoms with Crippen LogP contribution in [0.2, 0.25) is 0 Å². The van der Waals surface area contributed by atoms with Gasteiger partial charge in [0.1, 0.15) is 5.54 Å². The Balaban J connectivity index is 1.76. The number of primary amides is 1. The minimum atomic E-state index is -0.511. The molecule has 0 saturated carbocycles. The molecular formula is C15H21N3O. The van der Waals surface area contributed by atoms with Gasteiger partial charge in [0, 0.05) is 25.6 Å². The maximum absolute atomic E-state index is 12.0. The molecule has 1 aromatic rings. The van der Waals surface area contributed by atoms with Gasteiger partial charge in [-0.25, -0.2) is 0 Å². The largest absolute Gasteiger partial charge is 0.368 e. The molecule has 0 spiro atoms.